The van der Waals surface area contributed by atoms with Crippen LogP contribution in [0.1, 0.15) is 56.3 Å². The lowest BCUT2D eigenvalue weighted by Crippen LogP contribution is -2.34. The van der Waals surface area contributed by atoms with Crippen molar-refractivity contribution < 1.29 is 19.0 Å². The highest BCUT2D eigenvalue weighted by Gasteiger charge is 2.29. The first kappa shape index (κ1) is 28.6. The summed E-state index contributed by atoms with van der Waals surface area (Å²) in [5.74, 6) is -0.593. The minimum atomic E-state index is -0.696. The topological polar surface area (TPSA) is 105 Å². The minimum absolute atomic E-state index is 0.0442. The van der Waals surface area contributed by atoms with Crippen LogP contribution in [-0.4, -0.2) is 47.9 Å². The number of halogens is 1. The van der Waals surface area contributed by atoms with Crippen molar-refractivity contribution in [3.63, 3.8) is 0 Å². The number of fused-ring (bicyclic) bond motifs is 3. The molecular formula is C32H37FN4O4. The number of hydrogen-bond donors (Lipinski definition) is 4. The van der Waals surface area contributed by atoms with E-state index >= 15 is 4.39 Å². The Kier molecular flexibility index (Phi) is 8.56. The van der Waals surface area contributed by atoms with Gasteiger partial charge in [-0.2, -0.15) is 0 Å². The Morgan fingerprint density at radius 2 is 1.80 bits per heavy atom. The lowest BCUT2D eigenvalue weighted by molar-refractivity contribution is 0.0950. The lowest BCUT2D eigenvalue weighted by Gasteiger charge is -2.27. The van der Waals surface area contributed by atoms with Gasteiger partial charge in [-0.3, -0.25) is 9.59 Å². The number of benzene rings is 3. The first-order valence-corrected chi connectivity index (χ1v) is 14.4. The Labute approximate surface area is 238 Å². The van der Waals surface area contributed by atoms with Gasteiger partial charge in [0.2, 0.25) is 5.43 Å². The minimum Gasteiger partial charge on any atom is -0.451 e. The molecule has 0 bridgehead atoms. The van der Waals surface area contributed by atoms with Gasteiger partial charge in [0.05, 0.1) is 17.2 Å². The quantitative estimate of drug-likeness (QED) is 0.161. The third-order valence-corrected chi connectivity index (χ3v) is 7.70. The van der Waals surface area contributed by atoms with E-state index in [1.54, 1.807) is 4.57 Å². The third kappa shape index (κ3) is 5.64. The van der Waals surface area contributed by atoms with Crippen LogP contribution < -0.4 is 26.1 Å². The number of pyridine rings is 1. The Balaban J connectivity index is 1.63. The van der Waals surface area contributed by atoms with Crippen molar-refractivity contribution in [2.75, 3.05) is 25.5 Å². The van der Waals surface area contributed by atoms with Gasteiger partial charge in [0.25, 0.3) is 5.91 Å². The van der Waals surface area contributed by atoms with Crippen molar-refractivity contribution in [2.45, 2.75) is 58.1 Å². The molecule has 2 heterocycles. The number of anilines is 1. The molecule has 1 aliphatic rings. The number of hydrogen-bond acceptors (Lipinski definition) is 6. The van der Waals surface area contributed by atoms with Gasteiger partial charge in [0.1, 0.15) is 16.8 Å². The summed E-state index contributed by atoms with van der Waals surface area (Å²) in [5.41, 5.74) is 0.418. The average molecular weight is 561 g/mol. The fraction of sp³-hybridized carbons (Fsp3) is 0.375. The number of rotatable bonds is 12. The fourth-order valence-electron chi connectivity index (χ4n) is 5.52. The van der Waals surface area contributed by atoms with Crippen LogP contribution in [0.4, 0.5) is 10.1 Å². The summed E-state index contributed by atoms with van der Waals surface area (Å²) in [6, 6.07) is 13.0. The predicted molar refractivity (Wildman–Crippen MR) is 161 cm³/mol. The molecule has 1 amide bonds. The van der Waals surface area contributed by atoms with E-state index in [1.807, 2.05) is 50.4 Å². The molecule has 41 heavy (non-hydrogen) atoms. The van der Waals surface area contributed by atoms with Crippen LogP contribution in [0.5, 0.6) is 11.5 Å². The van der Waals surface area contributed by atoms with Crippen molar-refractivity contribution in [3.05, 3.63) is 70.3 Å². The molecule has 1 aliphatic heterocycles. The van der Waals surface area contributed by atoms with Crippen molar-refractivity contribution in [1.29, 1.82) is 0 Å². The monoisotopic (exact) mass is 560 g/mol. The van der Waals surface area contributed by atoms with E-state index in [-0.39, 0.29) is 35.0 Å². The SMILES string of the molecule is CCCC(CCNC(=O)c1cn2c3c(c(NC[C@@H](O)CCC)c(F)cc3c1=O)Oc1cc3ccccc3cc1-2)NC. The molecule has 0 saturated heterocycles. The second-order valence-electron chi connectivity index (χ2n) is 10.6. The Morgan fingerprint density at radius 1 is 1.07 bits per heavy atom. The zero-order valence-electron chi connectivity index (χ0n) is 23.7. The molecule has 4 aromatic rings. The average Bonchev–Trinajstić information content (AvgIpc) is 2.96. The normalized spacial score (nSPS) is 13.5. The van der Waals surface area contributed by atoms with E-state index in [2.05, 4.69) is 22.9 Å². The second-order valence-corrected chi connectivity index (χ2v) is 10.6. The Hall–Kier alpha value is -3.95. The van der Waals surface area contributed by atoms with Crippen molar-refractivity contribution in [1.82, 2.24) is 15.2 Å². The second kappa shape index (κ2) is 12.3. The zero-order valence-corrected chi connectivity index (χ0v) is 23.7. The van der Waals surface area contributed by atoms with Crippen molar-refractivity contribution in [3.8, 4) is 17.2 Å². The number of carbonyl (C=O) groups is 1. The zero-order chi connectivity index (χ0) is 29.1. The van der Waals surface area contributed by atoms with Crippen LogP contribution in [0.15, 0.2) is 53.5 Å². The number of carbonyl (C=O) groups excluding carboxylic acids is 1. The van der Waals surface area contributed by atoms with Crippen LogP contribution in [0.25, 0.3) is 27.4 Å². The maximum Gasteiger partial charge on any atom is 0.256 e. The third-order valence-electron chi connectivity index (χ3n) is 7.70. The number of ether oxygens (including phenoxy) is 1. The Morgan fingerprint density at radius 3 is 2.51 bits per heavy atom. The van der Waals surface area contributed by atoms with Gasteiger partial charge in [-0.15, -0.1) is 0 Å². The van der Waals surface area contributed by atoms with Gasteiger partial charge in [0, 0.05) is 25.3 Å². The molecule has 4 N–H and O–H groups in total. The summed E-state index contributed by atoms with van der Waals surface area (Å²) in [5, 5.41) is 21.3. The smallest absolute Gasteiger partial charge is 0.256 e. The standard InChI is InChI=1S/C32H37FN4O4/c1-4-8-21(34-3)12-13-35-32(40)24-18-37-26-14-19-10-6-7-11-20(19)15-27(26)41-31-28(36-17-22(38)9-5-2)25(33)16-23(29(31)37)30(24)39/h6-7,10-11,14-16,18,21-22,34,36,38H,4-5,8-9,12-13,17H2,1-3H3,(H,35,40)/t21?,22-/m0/s1. The lowest BCUT2D eigenvalue weighted by atomic mass is 10.0. The van der Waals surface area contributed by atoms with Gasteiger partial charge in [-0.05, 0) is 55.3 Å². The maximum atomic E-state index is 15.6. The molecule has 0 radical (unpaired) electrons. The van der Waals surface area contributed by atoms with Gasteiger partial charge in [-0.25, -0.2) is 4.39 Å². The highest BCUT2D eigenvalue weighted by Crippen LogP contribution is 2.46. The van der Waals surface area contributed by atoms with Gasteiger partial charge in [0.15, 0.2) is 17.3 Å². The predicted octanol–water partition coefficient (Wildman–Crippen LogP) is 5.47. The van der Waals surface area contributed by atoms with Gasteiger partial charge < -0.3 is 30.4 Å². The first-order valence-electron chi connectivity index (χ1n) is 14.4. The van der Waals surface area contributed by atoms with Crippen molar-refractivity contribution >= 4 is 33.3 Å². The molecule has 0 saturated carbocycles. The summed E-state index contributed by atoms with van der Waals surface area (Å²) in [4.78, 5) is 27.0. The number of amides is 1. The van der Waals surface area contributed by atoms with Crippen LogP contribution in [0, 0.1) is 5.82 Å². The summed E-state index contributed by atoms with van der Waals surface area (Å²) >= 11 is 0. The molecule has 1 unspecified atom stereocenters. The molecule has 2 atom stereocenters. The van der Waals surface area contributed by atoms with E-state index in [9.17, 15) is 14.7 Å². The highest BCUT2D eigenvalue weighted by molar-refractivity contribution is 6.02. The van der Waals surface area contributed by atoms with Gasteiger partial charge >= 0.3 is 0 Å². The van der Waals surface area contributed by atoms with E-state index in [4.69, 9.17) is 4.74 Å². The van der Waals surface area contributed by atoms with Crippen LogP contribution in [-0.2, 0) is 0 Å². The molecule has 0 fully saturated rings. The summed E-state index contributed by atoms with van der Waals surface area (Å²) < 4.78 is 23.7. The number of aliphatic hydroxyl groups is 1. The molecular weight excluding hydrogens is 523 g/mol. The van der Waals surface area contributed by atoms with E-state index in [0.717, 1.165) is 42.5 Å². The molecule has 3 aromatic carbocycles. The van der Waals surface area contributed by atoms with E-state index in [0.29, 0.717) is 29.9 Å². The van der Waals surface area contributed by atoms with Crippen LogP contribution in [0.3, 0.4) is 0 Å². The number of nitrogens with zero attached hydrogens (tertiary/aromatic N) is 1. The van der Waals surface area contributed by atoms with E-state index < -0.39 is 23.3 Å². The molecule has 8 nitrogen and oxygen atoms in total. The Bertz CT molecular complexity index is 1650. The van der Waals surface area contributed by atoms with E-state index in [1.165, 1.54) is 6.20 Å². The molecule has 216 valence electrons. The number of aliphatic hydroxyl groups excluding tert-OH is 1. The molecule has 5 rings (SSSR count). The molecule has 0 aliphatic carbocycles. The van der Waals surface area contributed by atoms with Crippen LogP contribution >= 0.6 is 0 Å². The van der Waals surface area contributed by atoms with Crippen molar-refractivity contribution in [2.24, 2.45) is 0 Å². The maximum absolute atomic E-state index is 15.6. The summed E-state index contributed by atoms with van der Waals surface area (Å²) in [6.07, 6.45) is 4.92. The van der Waals surface area contributed by atoms with Crippen LogP contribution in [0.2, 0.25) is 0 Å². The number of nitrogens with one attached hydrogen (secondary N) is 3. The first-order chi connectivity index (χ1) is 19.9. The molecule has 1 aromatic heterocycles. The molecule has 0 spiro atoms. The highest BCUT2D eigenvalue weighted by atomic mass is 19.1. The molecule has 9 heteroatoms. The largest absolute Gasteiger partial charge is 0.451 e. The summed E-state index contributed by atoms with van der Waals surface area (Å²) in [7, 11) is 1.89. The summed E-state index contributed by atoms with van der Waals surface area (Å²) in [6.45, 7) is 4.59. The van der Waals surface area contributed by atoms with Gasteiger partial charge in [-0.1, -0.05) is 51.0 Å². The fourth-order valence-corrected chi connectivity index (χ4v) is 5.52. The number of aromatic nitrogens is 1.